The molecular formula is C10H14F3NO4. The van der Waals surface area contributed by atoms with E-state index in [9.17, 15) is 22.8 Å². The van der Waals surface area contributed by atoms with Gasteiger partial charge in [0.1, 0.15) is 0 Å². The molecule has 5 nitrogen and oxygen atoms in total. The van der Waals surface area contributed by atoms with E-state index in [0.29, 0.717) is 6.42 Å². The Kier molecular flexibility index (Phi) is 4.08. The van der Waals surface area contributed by atoms with E-state index in [2.05, 4.69) is 4.74 Å². The molecule has 0 saturated carbocycles. The number of carbonyl (C=O) groups excluding carboxylic acids is 1. The van der Waals surface area contributed by atoms with Crippen molar-refractivity contribution in [3.8, 4) is 0 Å². The van der Waals surface area contributed by atoms with Gasteiger partial charge >= 0.3 is 18.2 Å². The van der Waals surface area contributed by atoms with Crippen LogP contribution in [0.4, 0.5) is 18.0 Å². The van der Waals surface area contributed by atoms with E-state index in [1.54, 1.807) is 6.92 Å². The third-order valence-electron chi connectivity index (χ3n) is 3.10. The number of rotatable bonds is 3. The van der Waals surface area contributed by atoms with Crippen LogP contribution in [0.15, 0.2) is 0 Å². The summed E-state index contributed by atoms with van der Waals surface area (Å²) in [6.45, 7) is -0.0143. The molecule has 1 rings (SSSR count). The summed E-state index contributed by atoms with van der Waals surface area (Å²) in [6.07, 6.45) is -5.17. The van der Waals surface area contributed by atoms with E-state index in [-0.39, 0.29) is 19.5 Å². The van der Waals surface area contributed by atoms with Crippen LogP contribution in [0.3, 0.4) is 0 Å². The van der Waals surface area contributed by atoms with Crippen molar-refractivity contribution in [1.29, 1.82) is 0 Å². The third-order valence-corrected chi connectivity index (χ3v) is 3.10. The fourth-order valence-corrected chi connectivity index (χ4v) is 1.88. The molecule has 0 aliphatic carbocycles. The van der Waals surface area contributed by atoms with Crippen molar-refractivity contribution >= 4 is 12.1 Å². The molecule has 1 aliphatic rings. The van der Waals surface area contributed by atoms with Gasteiger partial charge in [-0.25, -0.2) is 4.79 Å². The molecule has 0 aromatic heterocycles. The van der Waals surface area contributed by atoms with Gasteiger partial charge in [0.15, 0.2) is 6.61 Å². The van der Waals surface area contributed by atoms with Crippen LogP contribution in [0.5, 0.6) is 0 Å². The fraction of sp³-hybridized carbons (Fsp3) is 0.800. The minimum atomic E-state index is -4.58. The van der Waals surface area contributed by atoms with Crippen molar-refractivity contribution in [1.82, 2.24) is 4.90 Å². The Hall–Kier alpha value is -1.47. The van der Waals surface area contributed by atoms with E-state index >= 15 is 0 Å². The number of likely N-dealkylation sites (tertiary alicyclic amines) is 1. The van der Waals surface area contributed by atoms with Crippen molar-refractivity contribution in [2.24, 2.45) is 5.41 Å². The summed E-state index contributed by atoms with van der Waals surface area (Å²) in [6, 6.07) is 0. The third kappa shape index (κ3) is 3.27. The van der Waals surface area contributed by atoms with Gasteiger partial charge in [-0.1, -0.05) is 6.92 Å². The summed E-state index contributed by atoms with van der Waals surface area (Å²) < 4.78 is 39.7. The lowest BCUT2D eigenvalue weighted by atomic mass is 9.84. The van der Waals surface area contributed by atoms with Gasteiger partial charge in [-0.15, -0.1) is 0 Å². The van der Waals surface area contributed by atoms with E-state index < -0.39 is 30.3 Å². The molecule has 1 amide bonds. The van der Waals surface area contributed by atoms with Gasteiger partial charge < -0.3 is 14.7 Å². The first-order valence-electron chi connectivity index (χ1n) is 5.42. The minimum absolute atomic E-state index is 0.0941. The molecule has 0 aromatic rings. The number of aliphatic carboxylic acids is 1. The summed E-state index contributed by atoms with van der Waals surface area (Å²) in [4.78, 5) is 23.4. The van der Waals surface area contributed by atoms with Gasteiger partial charge in [0, 0.05) is 13.1 Å². The van der Waals surface area contributed by atoms with E-state index in [1.165, 1.54) is 0 Å². The fourth-order valence-electron chi connectivity index (χ4n) is 1.88. The first-order chi connectivity index (χ1) is 8.20. The van der Waals surface area contributed by atoms with Gasteiger partial charge in [0.2, 0.25) is 0 Å². The Labute approximate surface area is 102 Å². The molecule has 1 fully saturated rings. The highest BCUT2D eigenvalue weighted by Crippen LogP contribution is 2.34. The smallest absolute Gasteiger partial charge is 0.422 e. The monoisotopic (exact) mass is 269 g/mol. The number of halogens is 3. The van der Waals surface area contributed by atoms with Gasteiger partial charge in [0.25, 0.3) is 0 Å². The lowest BCUT2D eigenvalue weighted by molar-refractivity contribution is -0.162. The molecule has 1 saturated heterocycles. The minimum Gasteiger partial charge on any atom is -0.481 e. The van der Waals surface area contributed by atoms with Crippen molar-refractivity contribution in [2.45, 2.75) is 25.9 Å². The predicted molar refractivity (Wildman–Crippen MR) is 54.0 cm³/mol. The maximum absolute atomic E-state index is 11.9. The molecule has 1 unspecified atom stereocenters. The van der Waals surface area contributed by atoms with Crippen LogP contribution < -0.4 is 0 Å². The number of carbonyl (C=O) groups is 2. The summed E-state index contributed by atoms with van der Waals surface area (Å²) in [5.41, 5.74) is -1.07. The maximum Gasteiger partial charge on any atom is 0.422 e. The molecule has 0 aromatic carbocycles. The van der Waals surface area contributed by atoms with Crippen LogP contribution in [0.2, 0.25) is 0 Å². The molecule has 18 heavy (non-hydrogen) atoms. The lowest BCUT2D eigenvalue weighted by Gasteiger charge is -2.22. The van der Waals surface area contributed by atoms with Crippen molar-refractivity contribution in [2.75, 3.05) is 19.7 Å². The Balaban J connectivity index is 2.56. The van der Waals surface area contributed by atoms with Crippen LogP contribution in [0.25, 0.3) is 0 Å². The van der Waals surface area contributed by atoms with Crippen LogP contribution in [-0.4, -0.2) is 47.9 Å². The normalized spacial score (nSPS) is 24.1. The van der Waals surface area contributed by atoms with Gasteiger partial charge in [0.05, 0.1) is 5.41 Å². The van der Waals surface area contributed by atoms with Crippen molar-refractivity contribution in [3.05, 3.63) is 0 Å². The predicted octanol–water partition coefficient (Wildman–Crippen LogP) is 1.87. The van der Waals surface area contributed by atoms with Crippen molar-refractivity contribution in [3.63, 3.8) is 0 Å². The highest BCUT2D eigenvalue weighted by molar-refractivity contribution is 5.77. The van der Waals surface area contributed by atoms with Crippen LogP contribution in [0.1, 0.15) is 19.8 Å². The van der Waals surface area contributed by atoms with E-state index in [1.807, 2.05) is 0 Å². The SMILES string of the molecule is CCC1(C(=O)O)CCN(C(=O)OCC(F)(F)F)C1. The Morgan fingerprint density at radius 2 is 2.06 bits per heavy atom. The molecule has 104 valence electrons. The largest absolute Gasteiger partial charge is 0.481 e. The average molecular weight is 269 g/mol. The molecule has 0 spiro atoms. The van der Waals surface area contributed by atoms with Gasteiger partial charge in [-0.05, 0) is 12.8 Å². The second-order valence-electron chi connectivity index (χ2n) is 4.28. The molecule has 1 heterocycles. The molecule has 1 aliphatic heterocycles. The zero-order chi connectivity index (χ0) is 14.0. The first-order valence-corrected chi connectivity index (χ1v) is 5.42. The maximum atomic E-state index is 11.9. The zero-order valence-electron chi connectivity index (χ0n) is 9.79. The second kappa shape index (κ2) is 5.03. The summed E-state index contributed by atoms with van der Waals surface area (Å²) in [7, 11) is 0. The summed E-state index contributed by atoms with van der Waals surface area (Å²) in [5.74, 6) is -1.05. The molecule has 0 radical (unpaired) electrons. The number of hydrogen-bond donors (Lipinski definition) is 1. The van der Waals surface area contributed by atoms with Crippen molar-refractivity contribution < 1.29 is 32.6 Å². The molecular weight excluding hydrogens is 255 g/mol. The molecule has 0 bridgehead atoms. The quantitative estimate of drug-likeness (QED) is 0.849. The van der Waals surface area contributed by atoms with Gasteiger partial charge in [-0.3, -0.25) is 4.79 Å². The second-order valence-corrected chi connectivity index (χ2v) is 4.28. The summed E-state index contributed by atoms with van der Waals surface area (Å²) in [5, 5.41) is 9.06. The Morgan fingerprint density at radius 1 is 1.44 bits per heavy atom. The number of carboxylic acids is 1. The number of hydrogen-bond acceptors (Lipinski definition) is 3. The van der Waals surface area contributed by atoms with E-state index in [0.717, 1.165) is 4.90 Å². The highest BCUT2D eigenvalue weighted by Gasteiger charge is 2.45. The number of carboxylic acid groups (broad SMARTS) is 1. The van der Waals surface area contributed by atoms with Gasteiger partial charge in [-0.2, -0.15) is 13.2 Å². The topological polar surface area (TPSA) is 66.8 Å². The Morgan fingerprint density at radius 3 is 2.44 bits per heavy atom. The Bertz CT molecular complexity index is 345. The lowest BCUT2D eigenvalue weighted by Crippen LogP contribution is -2.37. The van der Waals surface area contributed by atoms with Crippen LogP contribution in [-0.2, 0) is 9.53 Å². The van der Waals surface area contributed by atoms with Crippen LogP contribution >= 0.6 is 0 Å². The molecule has 1 N–H and O–H groups in total. The van der Waals surface area contributed by atoms with E-state index in [4.69, 9.17) is 5.11 Å². The number of nitrogens with zero attached hydrogens (tertiary/aromatic N) is 1. The number of amides is 1. The zero-order valence-corrected chi connectivity index (χ0v) is 9.79. The van der Waals surface area contributed by atoms with Crippen LogP contribution in [0, 0.1) is 5.41 Å². The number of alkyl halides is 3. The molecule has 8 heteroatoms. The average Bonchev–Trinajstić information content (AvgIpc) is 2.70. The number of ether oxygens (including phenoxy) is 1. The summed E-state index contributed by atoms with van der Waals surface area (Å²) >= 11 is 0. The first kappa shape index (κ1) is 14.6. The molecule has 1 atom stereocenters. The highest BCUT2D eigenvalue weighted by atomic mass is 19.4. The standard InChI is InChI=1S/C10H14F3NO4/c1-2-9(7(15)16)3-4-14(5-9)8(17)18-6-10(11,12)13/h2-6H2,1H3,(H,15,16).